The van der Waals surface area contributed by atoms with Crippen molar-refractivity contribution in [3.05, 3.63) is 60.2 Å². The molecule has 0 heterocycles. The SMILES string of the molecule is CC[N+](CC)(CC)Cc1cccc(Oc2ccccc2)c1.Cl. The van der Waals surface area contributed by atoms with Gasteiger partial charge < -0.3 is 9.22 Å². The second-order valence-corrected chi connectivity index (χ2v) is 5.51. The summed E-state index contributed by atoms with van der Waals surface area (Å²) in [4.78, 5) is 0. The van der Waals surface area contributed by atoms with Crippen LogP contribution in [0.25, 0.3) is 0 Å². The van der Waals surface area contributed by atoms with Crippen molar-refractivity contribution in [2.45, 2.75) is 27.3 Å². The number of ether oxygens (including phenoxy) is 1. The third kappa shape index (κ3) is 4.75. The van der Waals surface area contributed by atoms with Crippen molar-refractivity contribution in [3.63, 3.8) is 0 Å². The fourth-order valence-electron chi connectivity index (χ4n) is 2.73. The highest BCUT2D eigenvalue weighted by Crippen LogP contribution is 2.23. The molecule has 0 aromatic heterocycles. The maximum absolute atomic E-state index is 5.93. The Morgan fingerprint density at radius 3 is 1.95 bits per heavy atom. The van der Waals surface area contributed by atoms with Gasteiger partial charge in [-0.2, -0.15) is 0 Å². The van der Waals surface area contributed by atoms with Crippen molar-refractivity contribution in [3.8, 4) is 11.5 Å². The summed E-state index contributed by atoms with van der Waals surface area (Å²) < 4.78 is 7.05. The van der Waals surface area contributed by atoms with Crippen LogP contribution in [0.4, 0.5) is 0 Å². The van der Waals surface area contributed by atoms with Crippen molar-refractivity contribution < 1.29 is 9.22 Å². The highest BCUT2D eigenvalue weighted by molar-refractivity contribution is 5.85. The molecule has 22 heavy (non-hydrogen) atoms. The van der Waals surface area contributed by atoms with Gasteiger partial charge in [0.05, 0.1) is 19.6 Å². The lowest BCUT2D eigenvalue weighted by atomic mass is 10.1. The summed E-state index contributed by atoms with van der Waals surface area (Å²) in [5, 5.41) is 0. The minimum absolute atomic E-state index is 0. The Labute approximate surface area is 140 Å². The Kier molecular flexibility index (Phi) is 7.43. The van der Waals surface area contributed by atoms with Crippen LogP contribution in [0.1, 0.15) is 26.3 Å². The molecule has 0 aliphatic carbocycles. The smallest absolute Gasteiger partial charge is 0.127 e. The molecular weight excluding hydrogens is 294 g/mol. The standard InChI is InChI=1S/C19H26NO.ClH/c1-4-20(5-2,6-3)16-17-11-10-14-19(15-17)21-18-12-8-7-9-13-18;/h7-15H,4-6,16H2,1-3H3;1H/q+1;. The Bertz CT molecular complexity index is 544. The fraction of sp³-hybridized carbons (Fsp3) is 0.368. The molecule has 0 amide bonds. The van der Waals surface area contributed by atoms with Crippen LogP contribution in [0, 0.1) is 0 Å². The van der Waals surface area contributed by atoms with Gasteiger partial charge in [-0.1, -0.05) is 30.3 Å². The Morgan fingerprint density at radius 1 is 0.773 bits per heavy atom. The van der Waals surface area contributed by atoms with E-state index in [2.05, 4.69) is 39.0 Å². The van der Waals surface area contributed by atoms with Crippen LogP contribution in [0.15, 0.2) is 54.6 Å². The highest BCUT2D eigenvalue weighted by Gasteiger charge is 2.21. The molecule has 0 aliphatic heterocycles. The van der Waals surface area contributed by atoms with E-state index < -0.39 is 0 Å². The van der Waals surface area contributed by atoms with Gasteiger partial charge >= 0.3 is 0 Å². The summed E-state index contributed by atoms with van der Waals surface area (Å²) in [5.41, 5.74) is 1.34. The van der Waals surface area contributed by atoms with Crippen molar-refractivity contribution in [1.29, 1.82) is 0 Å². The van der Waals surface area contributed by atoms with Crippen molar-refractivity contribution in [2.24, 2.45) is 0 Å². The molecule has 0 spiro atoms. The van der Waals surface area contributed by atoms with E-state index in [1.54, 1.807) is 0 Å². The Balaban J connectivity index is 0.00000242. The second-order valence-electron chi connectivity index (χ2n) is 5.51. The minimum atomic E-state index is 0. The van der Waals surface area contributed by atoms with Crippen LogP contribution < -0.4 is 4.74 Å². The average molecular weight is 321 g/mol. The zero-order chi connectivity index (χ0) is 15.1. The zero-order valence-corrected chi connectivity index (χ0v) is 14.6. The van der Waals surface area contributed by atoms with Gasteiger partial charge in [0, 0.05) is 5.56 Å². The molecular formula is C19H27ClNO+. The first-order chi connectivity index (χ1) is 10.2. The lowest BCUT2D eigenvalue weighted by molar-refractivity contribution is -0.936. The number of quaternary nitrogens is 1. The van der Waals surface area contributed by atoms with Gasteiger partial charge in [-0.3, -0.25) is 0 Å². The van der Waals surface area contributed by atoms with Gasteiger partial charge in [-0.15, -0.1) is 12.4 Å². The van der Waals surface area contributed by atoms with Crippen LogP contribution in [0.3, 0.4) is 0 Å². The Hall–Kier alpha value is -1.51. The lowest BCUT2D eigenvalue weighted by Gasteiger charge is -2.35. The molecule has 0 bridgehead atoms. The minimum Gasteiger partial charge on any atom is -0.457 e. The van der Waals surface area contributed by atoms with Gasteiger partial charge in [0.1, 0.15) is 18.0 Å². The normalized spacial score (nSPS) is 10.9. The number of rotatable bonds is 7. The van der Waals surface area contributed by atoms with E-state index in [9.17, 15) is 0 Å². The fourth-order valence-corrected chi connectivity index (χ4v) is 2.73. The van der Waals surface area contributed by atoms with E-state index in [1.807, 2.05) is 36.4 Å². The van der Waals surface area contributed by atoms with E-state index in [4.69, 9.17) is 4.74 Å². The number of hydrogen-bond donors (Lipinski definition) is 0. The van der Waals surface area contributed by atoms with Crippen LogP contribution in [0.5, 0.6) is 11.5 Å². The van der Waals surface area contributed by atoms with Gasteiger partial charge in [0.25, 0.3) is 0 Å². The summed E-state index contributed by atoms with van der Waals surface area (Å²) in [7, 11) is 0. The van der Waals surface area contributed by atoms with E-state index in [0.29, 0.717) is 0 Å². The van der Waals surface area contributed by atoms with Gasteiger partial charge in [0.2, 0.25) is 0 Å². The molecule has 0 aliphatic rings. The van der Waals surface area contributed by atoms with E-state index in [-0.39, 0.29) is 12.4 Å². The zero-order valence-electron chi connectivity index (χ0n) is 13.8. The number of para-hydroxylation sites is 1. The number of nitrogens with zero attached hydrogens (tertiary/aromatic N) is 1. The van der Waals surface area contributed by atoms with E-state index >= 15 is 0 Å². The van der Waals surface area contributed by atoms with E-state index in [0.717, 1.165) is 42.2 Å². The number of hydrogen-bond acceptors (Lipinski definition) is 1. The third-order valence-corrected chi connectivity index (χ3v) is 4.41. The summed E-state index contributed by atoms with van der Waals surface area (Å²) in [6, 6.07) is 18.4. The summed E-state index contributed by atoms with van der Waals surface area (Å²) in [6.45, 7) is 11.4. The highest BCUT2D eigenvalue weighted by atomic mass is 35.5. The molecule has 120 valence electrons. The van der Waals surface area contributed by atoms with Gasteiger partial charge in [-0.05, 0) is 45.0 Å². The second kappa shape index (κ2) is 8.82. The quantitative estimate of drug-likeness (QED) is 0.631. The number of benzene rings is 2. The number of halogens is 1. The monoisotopic (exact) mass is 320 g/mol. The predicted octanol–water partition coefficient (Wildman–Crippen LogP) is 5.28. The molecule has 2 rings (SSSR count). The molecule has 0 fully saturated rings. The Morgan fingerprint density at radius 2 is 1.36 bits per heavy atom. The first-order valence-corrected chi connectivity index (χ1v) is 7.88. The molecule has 2 aromatic rings. The predicted molar refractivity (Wildman–Crippen MR) is 95.8 cm³/mol. The molecule has 0 saturated carbocycles. The molecule has 0 saturated heterocycles. The topological polar surface area (TPSA) is 9.23 Å². The van der Waals surface area contributed by atoms with Crippen LogP contribution in [0.2, 0.25) is 0 Å². The van der Waals surface area contributed by atoms with Crippen molar-refractivity contribution >= 4 is 12.4 Å². The van der Waals surface area contributed by atoms with E-state index in [1.165, 1.54) is 5.56 Å². The third-order valence-electron chi connectivity index (χ3n) is 4.41. The van der Waals surface area contributed by atoms with Crippen LogP contribution >= 0.6 is 12.4 Å². The first-order valence-electron chi connectivity index (χ1n) is 7.88. The molecule has 0 radical (unpaired) electrons. The lowest BCUT2D eigenvalue weighted by Crippen LogP contribution is -2.46. The molecule has 0 N–H and O–H groups in total. The first kappa shape index (κ1) is 18.5. The maximum atomic E-state index is 5.93. The van der Waals surface area contributed by atoms with Crippen molar-refractivity contribution in [1.82, 2.24) is 0 Å². The van der Waals surface area contributed by atoms with Crippen LogP contribution in [-0.4, -0.2) is 24.1 Å². The molecule has 0 atom stereocenters. The maximum Gasteiger partial charge on any atom is 0.127 e. The summed E-state index contributed by atoms with van der Waals surface area (Å²) in [6.07, 6.45) is 0. The van der Waals surface area contributed by atoms with Crippen molar-refractivity contribution in [2.75, 3.05) is 19.6 Å². The molecule has 2 aromatic carbocycles. The van der Waals surface area contributed by atoms with Gasteiger partial charge in [0.15, 0.2) is 0 Å². The molecule has 2 nitrogen and oxygen atoms in total. The molecule has 3 heteroatoms. The largest absolute Gasteiger partial charge is 0.457 e. The summed E-state index contributed by atoms with van der Waals surface area (Å²) in [5.74, 6) is 1.80. The summed E-state index contributed by atoms with van der Waals surface area (Å²) >= 11 is 0. The average Bonchev–Trinajstić information content (AvgIpc) is 2.54. The molecule has 0 unspecified atom stereocenters. The van der Waals surface area contributed by atoms with Gasteiger partial charge in [-0.25, -0.2) is 0 Å². The van der Waals surface area contributed by atoms with Crippen LogP contribution in [-0.2, 0) is 6.54 Å².